The highest BCUT2D eigenvalue weighted by Crippen LogP contribution is 2.35. The molecular weight excluding hydrogens is 257 g/mol. The number of hydrogen-bond acceptors (Lipinski definition) is 3. The van der Waals surface area contributed by atoms with Crippen molar-refractivity contribution in [2.24, 2.45) is 23.3 Å². The fourth-order valence-electron chi connectivity index (χ4n) is 3.31. The summed E-state index contributed by atoms with van der Waals surface area (Å²) in [6, 6.07) is 0.439. The van der Waals surface area contributed by atoms with Crippen LogP contribution in [0.5, 0.6) is 0 Å². The van der Waals surface area contributed by atoms with Gasteiger partial charge >= 0.3 is 0 Å². The number of nitrogens with zero attached hydrogens (tertiary/aromatic N) is 1. The third-order valence-corrected chi connectivity index (χ3v) is 3.86. The number of fused-ring (bicyclic) bond motifs is 1. The van der Waals surface area contributed by atoms with Crippen molar-refractivity contribution in [2.45, 2.75) is 44.7 Å². The van der Waals surface area contributed by atoms with Crippen molar-refractivity contribution in [3.63, 3.8) is 0 Å². The summed E-state index contributed by atoms with van der Waals surface area (Å²) >= 11 is 0. The second kappa shape index (κ2) is 6.58. The van der Waals surface area contributed by atoms with E-state index in [1.807, 2.05) is 0 Å². The van der Waals surface area contributed by atoms with E-state index >= 15 is 0 Å². The molecule has 0 radical (unpaired) electrons. The van der Waals surface area contributed by atoms with E-state index in [0.717, 1.165) is 18.4 Å². The van der Waals surface area contributed by atoms with E-state index in [-0.39, 0.29) is 30.4 Å². The van der Waals surface area contributed by atoms with Crippen molar-refractivity contribution >= 4 is 24.8 Å². The van der Waals surface area contributed by atoms with Gasteiger partial charge in [-0.3, -0.25) is 0 Å². The van der Waals surface area contributed by atoms with Gasteiger partial charge in [0, 0.05) is 31.2 Å². The SMILES string of the molecule is CC(C)(N)CN1CC2CCCC(N)C2C1.Cl.Cl. The van der Waals surface area contributed by atoms with Gasteiger partial charge < -0.3 is 16.4 Å². The molecule has 2 aliphatic rings. The Labute approximate surface area is 117 Å². The second-order valence-electron chi connectivity index (χ2n) is 6.20. The van der Waals surface area contributed by atoms with Gasteiger partial charge in [0.15, 0.2) is 0 Å². The molecule has 4 N–H and O–H groups in total. The minimum Gasteiger partial charge on any atom is -0.327 e. The predicted octanol–water partition coefficient (Wildman–Crippen LogP) is 1.63. The maximum Gasteiger partial charge on any atom is 0.0226 e. The molecule has 3 nitrogen and oxygen atoms in total. The van der Waals surface area contributed by atoms with Crippen LogP contribution >= 0.6 is 24.8 Å². The monoisotopic (exact) mass is 283 g/mol. The van der Waals surface area contributed by atoms with Crippen LogP contribution in [0.3, 0.4) is 0 Å². The molecule has 1 heterocycles. The van der Waals surface area contributed by atoms with Crippen molar-refractivity contribution in [2.75, 3.05) is 19.6 Å². The summed E-state index contributed by atoms with van der Waals surface area (Å²) in [6.45, 7) is 7.61. The van der Waals surface area contributed by atoms with E-state index in [9.17, 15) is 0 Å². The molecule has 0 aromatic carbocycles. The number of likely N-dealkylation sites (tertiary alicyclic amines) is 1. The Balaban J connectivity index is 0.00000128. The highest BCUT2D eigenvalue weighted by molar-refractivity contribution is 5.85. The lowest BCUT2D eigenvalue weighted by atomic mass is 9.78. The second-order valence-corrected chi connectivity index (χ2v) is 6.20. The molecule has 1 aliphatic heterocycles. The van der Waals surface area contributed by atoms with Crippen molar-refractivity contribution in [1.82, 2.24) is 4.90 Å². The van der Waals surface area contributed by atoms with Crippen molar-refractivity contribution in [3.05, 3.63) is 0 Å². The van der Waals surface area contributed by atoms with Crippen LogP contribution in [0.25, 0.3) is 0 Å². The normalized spacial score (nSPS) is 33.5. The summed E-state index contributed by atoms with van der Waals surface area (Å²) in [5.41, 5.74) is 12.2. The molecule has 0 bridgehead atoms. The molecule has 17 heavy (non-hydrogen) atoms. The molecule has 2 rings (SSSR count). The van der Waals surface area contributed by atoms with Gasteiger partial charge in [-0.15, -0.1) is 24.8 Å². The Kier molecular flexibility index (Phi) is 6.75. The largest absolute Gasteiger partial charge is 0.327 e. The van der Waals surface area contributed by atoms with Crippen molar-refractivity contribution in [1.29, 1.82) is 0 Å². The molecule has 3 atom stereocenters. The fourth-order valence-corrected chi connectivity index (χ4v) is 3.31. The minimum absolute atomic E-state index is 0. The van der Waals surface area contributed by atoms with E-state index < -0.39 is 0 Å². The van der Waals surface area contributed by atoms with E-state index in [0.29, 0.717) is 6.04 Å². The predicted molar refractivity (Wildman–Crippen MR) is 78.0 cm³/mol. The standard InChI is InChI=1S/C12H25N3.2ClH/c1-12(2,14)8-15-6-9-4-3-5-11(13)10(9)7-15;;/h9-11H,3-8,13-14H2,1-2H3;2*1H. The summed E-state index contributed by atoms with van der Waals surface area (Å²) in [7, 11) is 0. The molecule has 1 aliphatic carbocycles. The molecule has 2 fully saturated rings. The molecule has 3 unspecified atom stereocenters. The lowest BCUT2D eigenvalue weighted by Gasteiger charge is -2.30. The number of halogens is 2. The summed E-state index contributed by atoms with van der Waals surface area (Å²) in [5.74, 6) is 1.58. The zero-order chi connectivity index (χ0) is 11.1. The van der Waals surface area contributed by atoms with E-state index in [1.54, 1.807) is 0 Å². The Morgan fingerprint density at radius 1 is 1.18 bits per heavy atom. The number of hydrogen-bond donors (Lipinski definition) is 2. The summed E-state index contributed by atoms with van der Waals surface area (Å²) < 4.78 is 0. The molecule has 104 valence electrons. The Bertz CT molecular complexity index is 230. The van der Waals surface area contributed by atoms with Gasteiger partial charge in [0.1, 0.15) is 0 Å². The first-order chi connectivity index (χ1) is 6.96. The molecular formula is C12H27Cl2N3. The molecule has 1 saturated heterocycles. The average Bonchev–Trinajstić information content (AvgIpc) is 2.45. The number of nitrogens with two attached hydrogens (primary N) is 2. The first-order valence-electron chi connectivity index (χ1n) is 6.22. The quantitative estimate of drug-likeness (QED) is 0.810. The average molecular weight is 284 g/mol. The first kappa shape index (κ1) is 17.5. The highest BCUT2D eigenvalue weighted by Gasteiger charge is 2.39. The van der Waals surface area contributed by atoms with Crippen LogP contribution < -0.4 is 11.5 Å². The van der Waals surface area contributed by atoms with Crippen molar-refractivity contribution < 1.29 is 0 Å². The minimum atomic E-state index is -0.0718. The lowest BCUT2D eigenvalue weighted by Crippen LogP contribution is -2.45. The summed E-state index contributed by atoms with van der Waals surface area (Å²) in [6.07, 6.45) is 3.92. The maximum atomic E-state index is 6.19. The Morgan fingerprint density at radius 3 is 2.35 bits per heavy atom. The zero-order valence-corrected chi connectivity index (χ0v) is 12.5. The first-order valence-corrected chi connectivity index (χ1v) is 6.22. The number of rotatable bonds is 2. The van der Waals surface area contributed by atoms with Gasteiger partial charge in [-0.1, -0.05) is 6.42 Å². The van der Waals surface area contributed by atoms with Crippen LogP contribution in [0, 0.1) is 11.8 Å². The molecule has 0 aromatic rings. The van der Waals surface area contributed by atoms with E-state index in [2.05, 4.69) is 18.7 Å². The van der Waals surface area contributed by atoms with E-state index in [1.165, 1.54) is 32.4 Å². The van der Waals surface area contributed by atoms with E-state index in [4.69, 9.17) is 11.5 Å². The lowest BCUT2D eigenvalue weighted by molar-refractivity contribution is 0.253. The summed E-state index contributed by atoms with van der Waals surface area (Å²) in [4.78, 5) is 2.51. The van der Waals surface area contributed by atoms with Gasteiger partial charge in [0.25, 0.3) is 0 Å². The smallest absolute Gasteiger partial charge is 0.0226 e. The molecule has 0 spiro atoms. The van der Waals surface area contributed by atoms with Gasteiger partial charge in [-0.25, -0.2) is 0 Å². The van der Waals surface area contributed by atoms with Crippen LogP contribution in [0.1, 0.15) is 33.1 Å². The third kappa shape index (κ3) is 4.56. The molecule has 0 amide bonds. The van der Waals surface area contributed by atoms with Gasteiger partial charge in [0.05, 0.1) is 0 Å². The topological polar surface area (TPSA) is 55.3 Å². The zero-order valence-electron chi connectivity index (χ0n) is 10.9. The maximum absolute atomic E-state index is 6.19. The molecule has 1 saturated carbocycles. The van der Waals surface area contributed by atoms with Gasteiger partial charge in [0.2, 0.25) is 0 Å². The third-order valence-electron chi connectivity index (χ3n) is 3.86. The Morgan fingerprint density at radius 2 is 1.82 bits per heavy atom. The van der Waals surface area contributed by atoms with Crippen molar-refractivity contribution in [3.8, 4) is 0 Å². The van der Waals surface area contributed by atoms with Crippen LogP contribution in [0.2, 0.25) is 0 Å². The molecule has 0 aromatic heterocycles. The van der Waals surface area contributed by atoms with Gasteiger partial charge in [-0.05, 0) is 38.5 Å². The molecule has 5 heteroatoms. The van der Waals surface area contributed by atoms with Crippen LogP contribution in [0.4, 0.5) is 0 Å². The Hall–Kier alpha value is 0.460. The fraction of sp³-hybridized carbons (Fsp3) is 1.00. The highest BCUT2D eigenvalue weighted by atomic mass is 35.5. The van der Waals surface area contributed by atoms with Gasteiger partial charge in [-0.2, -0.15) is 0 Å². The summed E-state index contributed by atoms with van der Waals surface area (Å²) in [5, 5.41) is 0. The van der Waals surface area contributed by atoms with Crippen LogP contribution in [-0.2, 0) is 0 Å². The van der Waals surface area contributed by atoms with Crippen LogP contribution in [-0.4, -0.2) is 36.1 Å². The van der Waals surface area contributed by atoms with Crippen LogP contribution in [0.15, 0.2) is 0 Å².